The van der Waals surface area contributed by atoms with E-state index in [0.717, 1.165) is 22.1 Å². The number of nitrogens with two attached hydrogens (primary N) is 1. The molecule has 15 heavy (non-hydrogen) atoms. The molecule has 0 saturated carbocycles. The summed E-state index contributed by atoms with van der Waals surface area (Å²) < 4.78 is 1.99. The van der Waals surface area contributed by atoms with E-state index in [1.165, 1.54) is 0 Å². The Balaban J connectivity index is 2.09. The van der Waals surface area contributed by atoms with E-state index < -0.39 is 0 Å². The Morgan fingerprint density at radius 3 is 3.13 bits per heavy atom. The molecule has 5 heteroatoms. The van der Waals surface area contributed by atoms with Crippen LogP contribution in [0, 0.1) is 0 Å². The van der Waals surface area contributed by atoms with Crippen LogP contribution in [0.4, 0.5) is 0 Å². The molecule has 2 aromatic rings. The van der Waals surface area contributed by atoms with Crippen LogP contribution in [0.2, 0.25) is 0 Å². The van der Waals surface area contributed by atoms with Gasteiger partial charge in [0.1, 0.15) is 22.6 Å². The predicted octanol–water partition coefficient (Wildman–Crippen LogP) is 1.11. The number of nitrogens with zero attached hydrogens (tertiary/aromatic N) is 3. The lowest BCUT2D eigenvalue weighted by atomic mass is 10.5. The SMILES string of the molecule is NC1CSC(c2cn3ccccc3n2)=N1. The smallest absolute Gasteiger partial charge is 0.137 e. The maximum atomic E-state index is 5.71. The molecule has 0 spiro atoms. The second-order valence-electron chi connectivity index (χ2n) is 3.40. The number of aromatic nitrogens is 2. The largest absolute Gasteiger partial charge is 0.309 e. The first-order valence-electron chi connectivity index (χ1n) is 4.73. The molecule has 4 nitrogen and oxygen atoms in total. The molecular formula is C10H10N4S. The van der Waals surface area contributed by atoms with Gasteiger partial charge in [0.25, 0.3) is 0 Å². The molecular weight excluding hydrogens is 208 g/mol. The van der Waals surface area contributed by atoms with Gasteiger partial charge in [0, 0.05) is 18.1 Å². The van der Waals surface area contributed by atoms with Gasteiger partial charge in [-0.3, -0.25) is 4.99 Å². The van der Waals surface area contributed by atoms with E-state index in [-0.39, 0.29) is 6.17 Å². The van der Waals surface area contributed by atoms with Crippen molar-refractivity contribution in [2.45, 2.75) is 6.17 Å². The molecule has 0 bridgehead atoms. The summed E-state index contributed by atoms with van der Waals surface area (Å²) in [5.41, 5.74) is 7.57. The number of thioether (sulfide) groups is 1. The molecule has 3 heterocycles. The van der Waals surface area contributed by atoms with E-state index in [2.05, 4.69) is 9.98 Å². The summed E-state index contributed by atoms with van der Waals surface area (Å²) in [5.74, 6) is 0.850. The number of rotatable bonds is 1. The van der Waals surface area contributed by atoms with Crippen molar-refractivity contribution < 1.29 is 0 Å². The molecule has 0 aliphatic carbocycles. The third-order valence-electron chi connectivity index (χ3n) is 2.26. The first kappa shape index (κ1) is 8.94. The molecule has 1 aliphatic rings. The van der Waals surface area contributed by atoms with Crippen LogP contribution in [0.1, 0.15) is 5.69 Å². The molecule has 0 saturated heterocycles. The minimum atomic E-state index is -0.0742. The van der Waals surface area contributed by atoms with Crippen LogP contribution in [0.3, 0.4) is 0 Å². The molecule has 76 valence electrons. The number of aliphatic imine (C=N–C) groups is 1. The zero-order chi connectivity index (χ0) is 10.3. The number of hydrogen-bond acceptors (Lipinski definition) is 4. The summed E-state index contributed by atoms with van der Waals surface area (Å²) in [6.45, 7) is 0. The second kappa shape index (κ2) is 3.36. The highest BCUT2D eigenvalue weighted by atomic mass is 32.2. The summed E-state index contributed by atoms with van der Waals surface area (Å²) in [5, 5.41) is 0.950. The Bertz CT molecular complexity index is 498. The Morgan fingerprint density at radius 1 is 1.47 bits per heavy atom. The van der Waals surface area contributed by atoms with Crippen LogP contribution in [0.15, 0.2) is 35.6 Å². The molecule has 1 aliphatic heterocycles. The second-order valence-corrected chi connectivity index (χ2v) is 4.41. The lowest BCUT2D eigenvalue weighted by molar-refractivity contribution is 0.819. The van der Waals surface area contributed by atoms with Crippen LogP contribution in [-0.4, -0.2) is 26.3 Å². The highest BCUT2D eigenvalue weighted by Gasteiger charge is 2.17. The molecule has 0 radical (unpaired) electrons. The topological polar surface area (TPSA) is 55.7 Å². The van der Waals surface area contributed by atoms with Crippen LogP contribution in [-0.2, 0) is 0 Å². The summed E-state index contributed by atoms with van der Waals surface area (Å²) in [4.78, 5) is 8.82. The van der Waals surface area contributed by atoms with Crippen molar-refractivity contribution in [1.82, 2.24) is 9.38 Å². The van der Waals surface area contributed by atoms with Crippen LogP contribution in [0.5, 0.6) is 0 Å². The summed E-state index contributed by atoms with van der Waals surface area (Å²) in [7, 11) is 0. The van der Waals surface area contributed by atoms with Gasteiger partial charge < -0.3 is 10.1 Å². The van der Waals surface area contributed by atoms with Crippen molar-refractivity contribution in [1.29, 1.82) is 0 Å². The van der Waals surface area contributed by atoms with Crippen molar-refractivity contribution in [2.24, 2.45) is 10.7 Å². The summed E-state index contributed by atoms with van der Waals surface area (Å²) >= 11 is 1.67. The average molecular weight is 218 g/mol. The van der Waals surface area contributed by atoms with E-state index in [4.69, 9.17) is 5.73 Å². The van der Waals surface area contributed by atoms with E-state index in [9.17, 15) is 0 Å². The molecule has 2 aromatic heterocycles. The van der Waals surface area contributed by atoms with Gasteiger partial charge in [0.2, 0.25) is 0 Å². The molecule has 1 atom stereocenters. The van der Waals surface area contributed by atoms with Crippen molar-refractivity contribution >= 4 is 22.5 Å². The Labute approximate surface area is 91.2 Å². The summed E-state index contributed by atoms with van der Waals surface area (Å²) in [6, 6.07) is 5.93. The van der Waals surface area contributed by atoms with Crippen molar-refractivity contribution in [2.75, 3.05) is 5.75 Å². The summed E-state index contributed by atoms with van der Waals surface area (Å²) in [6.07, 6.45) is 3.89. The van der Waals surface area contributed by atoms with Gasteiger partial charge in [-0.15, -0.1) is 11.8 Å². The van der Waals surface area contributed by atoms with Crippen LogP contribution in [0.25, 0.3) is 5.65 Å². The molecule has 0 fully saturated rings. The minimum Gasteiger partial charge on any atom is -0.309 e. The normalized spacial score (nSPS) is 20.9. The van der Waals surface area contributed by atoms with Crippen LogP contribution < -0.4 is 5.73 Å². The van der Waals surface area contributed by atoms with E-state index in [0.29, 0.717) is 0 Å². The van der Waals surface area contributed by atoms with Gasteiger partial charge in [0.05, 0.1) is 0 Å². The van der Waals surface area contributed by atoms with Gasteiger partial charge in [-0.25, -0.2) is 4.98 Å². The fraction of sp³-hybridized carbons (Fsp3) is 0.200. The van der Waals surface area contributed by atoms with Crippen molar-refractivity contribution in [3.63, 3.8) is 0 Å². The van der Waals surface area contributed by atoms with Gasteiger partial charge in [-0.2, -0.15) is 0 Å². The van der Waals surface area contributed by atoms with Gasteiger partial charge in [-0.1, -0.05) is 6.07 Å². The number of fused-ring (bicyclic) bond motifs is 1. The number of hydrogen-bond donors (Lipinski definition) is 1. The molecule has 2 N–H and O–H groups in total. The lowest BCUT2D eigenvalue weighted by Gasteiger charge is -1.89. The fourth-order valence-electron chi connectivity index (χ4n) is 1.57. The monoisotopic (exact) mass is 218 g/mol. The average Bonchev–Trinajstić information content (AvgIpc) is 2.82. The third-order valence-corrected chi connectivity index (χ3v) is 3.35. The van der Waals surface area contributed by atoms with Crippen molar-refractivity contribution in [3.8, 4) is 0 Å². The number of pyridine rings is 1. The minimum absolute atomic E-state index is 0.0742. The zero-order valence-electron chi connectivity index (χ0n) is 8.00. The maximum Gasteiger partial charge on any atom is 0.137 e. The highest BCUT2D eigenvalue weighted by molar-refractivity contribution is 8.14. The highest BCUT2D eigenvalue weighted by Crippen LogP contribution is 2.20. The first-order valence-corrected chi connectivity index (χ1v) is 5.72. The van der Waals surface area contributed by atoms with Gasteiger partial charge >= 0.3 is 0 Å². The third kappa shape index (κ3) is 1.53. The number of imidazole rings is 1. The lowest BCUT2D eigenvalue weighted by Crippen LogP contribution is -2.15. The Hall–Kier alpha value is -1.33. The molecule has 1 unspecified atom stereocenters. The van der Waals surface area contributed by atoms with Crippen LogP contribution >= 0.6 is 11.8 Å². The van der Waals surface area contributed by atoms with Gasteiger partial charge in [-0.05, 0) is 12.1 Å². The van der Waals surface area contributed by atoms with Gasteiger partial charge in [0.15, 0.2) is 0 Å². The van der Waals surface area contributed by atoms with E-state index >= 15 is 0 Å². The first-order chi connectivity index (χ1) is 7.33. The molecule has 0 amide bonds. The predicted molar refractivity (Wildman–Crippen MR) is 62.2 cm³/mol. The van der Waals surface area contributed by atoms with Crippen molar-refractivity contribution in [3.05, 3.63) is 36.3 Å². The molecule has 0 aromatic carbocycles. The fourth-order valence-corrected chi connectivity index (χ4v) is 2.43. The van der Waals surface area contributed by atoms with E-state index in [1.54, 1.807) is 11.8 Å². The quantitative estimate of drug-likeness (QED) is 0.780. The Kier molecular flexibility index (Phi) is 2.00. The van der Waals surface area contributed by atoms with E-state index in [1.807, 2.05) is 35.0 Å². The maximum absolute atomic E-state index is 5.71. The Morgan fingerprint density at radius 2 is 2.40 bits per heavy atom. The molecule has 3 rings (SSSR count). The zero-order valence-corrected chi connectivity index (χ0v) is 8.81. The standard InChI is InChI=1S/C10H10N4S/c11-8-6-15-10(13-8)7-5-14-4-2-1-3-9(14)12-7/h1-5,8H,6,11H2.